The smallest absolute Gasteiger partial charge is 0.262 e. The number of carbonyl (C=O) groups is 1. The summed E-state index contributed by atoms with van der Waals surface area (Å²) in [4.78, 5) is 11.9. The van der Waals surface area contributed by atoms with Gasteiger partial charge in [0.05, 0.1) is 13.2 Å². The second-order valence-electron chi connectivity index (χ2n) is 5.35. The van der Waals surface area contributed by atoms with E-state index in [-0.39, 0.29) is 18.8 Å². The van der Waals surface area contributed by atoms with Crippen molar-refractivity contribution in [3.63, 3.8) is 0 Å². The summed E-state index contributed by atoms with van der Waals surface area (Å²) in [6.07, 6.45) is -0.301. The molecule has 0 atom stereocenters. The van der Waals surface area contributed by atoms with E-state index in [9.17, 15) is 4.79 Å². The summed E-state index contributed by atoms with van der Waals surface area (Å²) >= 11 is 0. The largest absolute Gasteiger partial charge is 0.484 e. The van der Waals surface area contributed by atoms with Crippen molar-refractivity contribution in [2.24, 2.45) is 0 Å². The fraction of sp³-hybridized carbons (Fsp3) is 0.278. The van der Waals surface area contributed by atoms with Crippen LogP contribution in [0.15, 0.2) is 48.5 Å². The maximum atomic E-state index is 11.9. The number of rotatable bonds is 5. The summed E-state index contributed by atoms with van der Waals surface area (Å²) in [7, 11) is 0. The first kappa shape index (κ1) is 15.5. The maximum absolute atomic E-state index is 11.9. The highest BCUT2D eigenvalue weighted by Crippen LogP contribution is 2.24. The van der Waals surface area contributed by atoms with Crippen molar-refractivity contribution in [1.82, 2.24) is 0 Å². The summed E-state index contributed by atoms with van der Waals surface area (Å²) in [5.41, 5.74) is 2.75. The molecule has 5 heteroatoms. The third-order valence-electron chi connectivity index (χ3n) is 3.45. The molecule has 0 spiro atoms. The Bertz CT molecular complexity index is 663. The Morgan fingerprint density at radius 2 is 1.91 bits per heavy atom. The highest BCUT2D eigenvalue weighted by molar-refractivity contribution is 5.91. The molecule has 0 bridgehead atoms. The number of benzene rings is 2. The first-order valence-corrected chi connectivity index (χ1v) is 7.53. The number of nitrogens with one attached hydrogen (secondary N) is 1. The predicted octanol–water partition coefficient (Wildman–Crippen LogP) is 3.06. The molecular weight excluding hydrogens is 294 g/mol. The second-order valence-corrected chi connectivity index (χ2v) is 5.35. The van der Waals surface area contributed by atoms with Gasteiger partial charge in [-0.15, -0.1) is 0 Å². The van der Waals surface area contributed by atoms with Gasteiger partial charge in [-0.25, -0.2) is 0 Å². The van der Waals surface area contributed by atoms with E-state index < -0.39 is 0 Å². The van der Waals surface area contributed by atoms with Crippen LogP contribution >= 0.6 is 0 Å². The Morgan fingerprint density at radius 3 is 2.61 bits per heavy atom. The zero-order chi connectivity index (χ0) is 16.1. The normalized spacial score (nSPS) is 14.7. The lowest BCUT2D eigenvalue weighted by atomic mass is 10.2. The third kappa shape index (κ3) is 4.31. The van der Waals surface area contributed by atoms with Crippen molar-refractivity contribution in [3.05, 3.63) is 59.7 Å². The van der Waals surface area contributed by atoms with E-state index in [1.165, 1.54) is 0 Å². The lowest BCUT2D eigenvalue weighted by Crippen LogP contribution is -2.20. The summed E-state index contributed by atoms with van der Waals surface area (Å²) in [5, 5.41) is 2.80. The van der Waals surface area contributed by atoms with Gasteiger partial charge in [0, 0.05) is 11.3 Å². The van der Waals surface area contributed by atoms with Crippen LogP contribution in [0.1, 0.15) is 17.4 Å². The lowest BCUT2D eigenvalue weighted by molar-refractivity contribution is -0.118. The summed E-state index contributed by atoms with van der Waals surface area (Å²) in [6.45, 7) is 3.17. The quantitative estimate of drug-likeness (QED) is 0.922. The molecule has 1 fully saturated rings. The van der Waals surface area contributed by atoms with Gasteiger partial charge >= 0.3 is 0 Å². The number of ether oxygens (including phenoxy) is 3. The van der Waals surface area contributed by atoms with E-state index in [0.29, 0.717) is 24.7 Å². The van der Waals surface area contributed by atoms with Gasteiger partial charge in [-0.3, -0.25) is 4.79 Å². The number of amides is 1. The molecule has 3 rings (SSSR count). The van der Waals surface area contributed by atoms with Crippen molar-refractivity contribution < 1.29 is 19.0 Å². The van der Waals surface area contributed by atoms with Gasteiger partial charge in [-0.2, -0.15) is 0 Å². The highest BCUT2D eigenvalue weighted by Gasteiger charge is 2.17. The van der Waals surface area contributed by atoms with E-state index in [1.807, 2.05) is 55.5 Å². The minimum absolute atomic E-state index is 0.0277. The van der Waals surface area contributed by atoms with Crippen molar-refractivity contribution in [2.75, 3.05) is 25.1 Å². The number of carbonyl (C=O) groups excluding carboxylic acids is 1. The zero-order valence-corrected chi connectivity index (χ0v) is 13.0. The average molecular weight is 313 g/mol. The van der Waals surface area contributed by atoms with Crippen molar-refractivity contribution in [2.45, 2.75) is 13.2 Å². The Hall–Kier alpha value is -2.37. The molecule has 0 aliphatic carbocycles. The monoisotopic (exact) mass is 313 g/mol. The molecule has 1 amide bonds. The first-order valence-electron chi connectivity index (χ1n) is 7.53. The molecule has 0 radical (unpaired) electrons. The molecule has 0 unspecified atom stereocenters. The lowest BCUT2D eigenvalue weighted by Gasteiger charge is -2.11. The van der Waals surface area contributed by atoms with Gasteiger partial charge in [0.25, 0.3) is 5.91 Å². The van der Waals surface area contributed by atoms with Crippen LogP contribution in [0.25, 0.3) is 0 Å². The summed E-state index contributed by atoms with van der Waals surface area (Å²) in [6, 6.07) is 15.0. The number of aryl methyl sites for hydroxylation is 1. The van der Waals surface area contributed by atoms with Crippen LogP contribution in [-0.4, -0.2) is 25.7 Å². The first-order chi connectivity index (χ1) is 11.2. The van der Waals surface area contributed by atoms with Gasteiger partial charge in [0.15, 0.2) is 12.9 Å². The number of anilines is 1. The number of hydrogen-bond donors (Lipinski definition) is 1. The SMILES string of the molecule is Cc1cccc(OCC(=O)Nc2ccc(C3OCCO3)cc2)c1. The fourth-order valence-electron chi connectivity index (χ4n) is 2.33. The van der Waals surface area contributed by atoms with Crippen LogP contribution in [0.4, 0.5) is 5.69 Å². The van der Waals surface area contributed by atoms with Gasteiger partial charge in [-0.05, 0) is 36.8 Å². The van der Waals surface area contributed by atoms with Crippen molar-refractivity contribution >= 4 is 11.6 Å². The Balaban J connectivity index is 1.51. The molecule has 2 aromatic rings. The molecule has 0 aromatic heterocycles. The molecule has 1 saturated heterocycles. The van der Waals surface area contributed by atoms with E-state index in [0.717, 1.165) is 11.1 Å². The van der Waals surface area contributed by atoms with Crippen molar-refractivity contribution in [1.29, 1.82) is 0 Å². The predicted molar refractivity (Wildman–Crippen MR) is 86.4 cm³/mol. The molecule has 1 heterocycles. The minimum atomic E-state index is -0.301. The Morgan fingerprint density at radius 1 is 1.17 bits per heavy atom. The van der Waals surface area contributed by atoms with Gasteiger partial charge in [0.2, 0.25) is 0 Å². The molecular formula is C18H19NO4. The zero-order valence-electron chi connectivity index (χ0n) is 13.0. The van der Waals surface area contributed by atoms with Crippen LogP contribution in [0.5, 0.6) is 5.75 Å². The standard InChI is InChI=1S/C18H19NO4/c1-13-3-2-4-16(11-13)23-12-17(20)19-15-7-5-14(6-8-15)18-21-9-10-22-18/h2-8,11,18H,9-10,12H2,1H3,(H,19,20). The molecule has 5 nitrogen and oxygen atoms in total. The molecule has 0 saturated carbocycles. The highest BCUT2D eigenvalue weighted by atomic mass is 16.7. The van der Waals surface area contributed by atoms with Crippen LogP contribution in [0, 0.1) is 6.92 Å². The van der Waals surface area contributed by atoms with Crippen molar-refractivity contribution in [3.8, 4) is 5.75 Å². The van der Waals surface area contributed by atoms with E-state index >= 15 is 0 Å². The van der Waals surface area contributed by atoms with E-state index in [1.54, 1.807) is 0 Å². The maximum Gasteiger partial charge on any atom is 0.262 e. The molecule has 120 valence electrons. The average Bonchev–Trinajstić information content (AvgIpc) is 3.08. The van der Waals surface area contributed by atoms with Gasteiger partial charge in [0.1, 0.15) is 5.75 Å². The molecule has 23 heavy (non-hydrogen) atoms. The van der Waals surface area contributed by atoms with E-state index in [2.05, 4.69) is 5.32 Å². The van der Waals surface area contributed by atoms with E-state index in [4.69, 9.17) is 14.2 Å². The summed E-state index contributed by atoms with van der Waals surface area (Å²) < 4.78 is 16.3. The molecule has 1 aliphatic rings. The van der Waals surface area contributed by atoms with Gasteiger partial charge < -0.3 is 19.5 Å². The number of hydrogen-bond acceptors (Lipinski definition) is 4. The molecule has 2 aromatic carbocycles. The topological polar surface area (TPSA) is 56.8 Å². The van der Waals surface area contributed by atoms with Crippen LogP contribution in [0.3, 0.4) is 0 Å². The second kappa shape index (κ2) is 7.26. The third-order valence-corrected chi connectivity index (χ3v) is 3.45. The van der Waals surface area contributed by atoms with Crippen LogP contribution in [0.2, 0.25) is 0 Å². The Kier molecular flexibility index (Phi) is 4.90. The van der Waals surface area contributed by atoms with Gasteiger partial charge in [-0.1, -0.05) is 24.3 Å². The Labute approximate surface area is 135 Å². The fourth-order valence-corrected chi connectivity index (χ4v) is 2.33. The molecule has 1 aliphatic heterocycles. The molecule has 1 N–H and O–H groups in total. The summed E-state index contributed by atoms with van der Waals surface area (Å²) in [5.74, 6) is 0.485. The minimum Gasteiger partial charge on any atom is -0.484 e. The van der Waals surface area contributed by atoms with Crippen LogP contribution < -0.4 is 10.1 Å². The van der Waals surface area contributed by atoms with Crippen LogP contribution in [-0.2, 0) is 14.3 Å².